The molecule has 0 N–H and O–H groups in total. The Morgan fingerprint density at radius 2 is 1.78 bits per heavy atom. The first-order valence-corrected chi connectivity index (χ1v) is 7.25. The first kappa shape index (κ1) is 13.5. The Morgan fingerprint density at radius 1 is 1.22 bits per heavy atom. The monoisotopic (exact) mass is 273 g/mol. The summed E-state index contributed by atoms with van der Waals surface area (Å²) in [7, 11) is -3.78. The number of rotatable bonds is 2. The fourth-order valence-corrected chi connectivity index (χ4v) is 3.78. The molecule has 0 amide bonds. The molecule has 6 heteroatoms. The molecule has 0 saturated carbocycles. The Morgan fingerprint density at radius 3 is 2.33 bits per heavy atom. The number of hydrogen-bond acceptors (Lipinski definition) is 3. The molecule has 2 rings (SSSR count). The van der Waals surface area contributed by atoms with Crippen molar-refractivity contribution >= 4 is 10.0 Å². The Bertz CT molecular complexity index is 522. The molecule has 0 spiro atoms. The van der Waals surface area contributed by atoms with Crippen LogP contribution >= 0.6 is 0 Å². The van der Waals surface area contributed by atoms with Crippen LogP contribution in [0.25, 0.3) is 0 Å². The minimum absolute atomic E-state index is 0.185. The smallest absolute Gasteiger partial charge is 0.246 e. The molecule has 1 heterocycles. The molecule has 0 unspecified atom stereocenters. The van der Waals surface area contributed by atoms with Crippen LogP contribution in [0.2, 0.25) is 0 Å². The third-order valence-electron chi connectivity index (χ3n) is 2.84. The molecule has 1 aromatic carbocycles. The topological polar surface area (TPSA) is 46.6 Å². The maximum atomic E-state index is 13.6. The molecule has 0 aliphatic carbocycles. The van der Waals surface area contributed by atoms with Crippen LogP contribution in [-0.4, -0.2) is 38.0 Å². The fraction of sp³-hybridized carbons (Fsp3) is 0.500. The Kier molecular flexibility index (Phi) is 3.70. The van der Waals surface area contributed by atoms with Crippen LogP contribution in [0.15, 0.2) is 29.2 Å². The fourth-order valence-electron chi connectivity index (χ4n) is 2.12. The van der Waals surface area contributed by atoms with Crippen LogP contribution in [0, 0.1) is 5.82 Å². The van der Waals surface area contributed by atoms with Crippen molar-refractivity contribution in [3.63, 3.8) is 0 Å². The van der Waals surface area contributed by atoms with Crippen LogP contribution in [0.3, 0.4) is 0 Å². The highest BCUT2D eigenvalue weighted by atomic mass is 32.2. The van der Waals surface area contributed by atoms with Gasteiger partial charge in [0.2, 0.25) is 10.0 Å². The maximum absolute atomic E-state index is 13.6. The van der Waals surface area contributed by atoms with E-state index >= 15 is 0 Å². The zero-order valence-electron chi connectivity index (χ0n) is 10.3. The number of morpholine rings is 1. The normalized spacial score (nSPS) is 26.2. The number of sulfonamides is 1. The Balaban J connectivity index is 2.34. The second-order valence-corrected chi connectivity index (χ2v) is 6.42. The lowest BCUT2D eigenvalue weighted by Gasteiger charge is -2.34. The summed E-state index contributed by atoms with van der Waals surface area (Å²) < 4.78 is 45.0. The van der Waals surface area contributed by atoms with E-state index in [0.717, 1.165) is 6.07 Å². The molecule has 0 radical (unpaired) electrons. The minimum Gasteiger partial charge on any atom is -0.373 e. The van der Waals surface area contributed by atoms with Crippen molar-refractivity contribution in [2.45, 2.75) is 31.0 Å². The van der Waals surface area contributed by atoms with Crippen LogP contribution in [0.1, 0.15) is 13.8 Å². The van der Waals surface area contributed by atoms with Crippen molar-refractivity contribution in [1.82, 2.24) is 4.31 Å². The number of ether oxygens (including phenoxy) is 1. The first-order chi connectivity index (χ1) is 8.41. The van der Waals surface area contributed by atoms with Crippen LogP contribution < -0.4 is 0 Å². The molecule has 1 aromatic rings. The summed E-state index contributed by atoms with van der Waals surface area (Å²) >= 11 is 0. The number of nitrogens with zero attached hydrogens (tertiary/aromatic N) is 1. The van der Waals surface area contributed by atoms with Gasteiger partial charge in [0.25, 0.3) is 0 Å². The highest BCUT2D eigenvalue weighted by Crippen LogP contribution is 2.22. The summed E-state index contributed by atoms with van der Waals surface area (Å²) in [5, 5.41) is 0. The molecule has 1 aliphatic rings. The predicted octanol–water partition coefficient (Wildman–Crippen LogP) is 1.62. The largest absolute Gasteiger partial charge is 0.373 e. The van der Waals surface area contributed by atoms with Gasteiger partial charge in [-0.25, -0.2) is 12.8 Å². The van der Waals surface area contributed by atoms with Crippen molar-refractivity contribution in [2.75, 3.05) is 13.1 Å². The quantitative estimate of drug-likeness (QED) is 0.822. The molecule has 4 nitrogen and oxygen atoms in total. The van der Waals surface area contributed by atoms with Crippen LogP contribution in [-0.2, 0) is 14.8 Å². The van der Waals surface area contributed by atoms with Gasteiger partial charge in [-0.1, -0.05) is 12.1 Å². The summed E-state index contributed by atoms with van der Waals surface area (Å²) in [4.78, 5) is -0.272. The van der Waals surface area contributed by atoms with E-state index in [2.05, 4.69) is 0 Å². The first-order valence-electron chi connectivity index (χ1n) is 5.81. The van der Waals surface area contributed by atoms with Crippen molar-refractivity contribution in [3.05, 3.63) is 30.1 Å². The summed E-state index contributed by atoms with van der Waals surface area (Å²) in [6.45, 7) is 4.11. The van der Waals surface area contributed by atoms with Crippen molar-refractivity contribution in [2.24, 2.45) is 0 Å². The lowest BCUT2D eigenvalue weighted by molar-refractivity contribution is -0.0441. The second kappa shape index (κ2) is 4.95. The molecule has 0 bridgehead atoms. The molecule has 1 saturated heterocycles. The van der Waals surface area contributed by atoms with Crippen molar-refractivity contribution < 1.29 is 17.5 Å². The van der Waals surface area contributed by atoms with Crippen molar-refractivity contribution in [1.29, 1.82) is 0 Å². The van der Waals surface area contributed by atoms with Gasteiger partial charge >= 0.3 is 0 Å². The molecular formula is C12H16FNO3S. The zero-order valence-corrected chi connectivity index (χ0v) is 11.2. The molecule has 2 atom stereocenters. The third kappa shape index (κ3) is 2.55. The van der Waals surface area contributed by atoms with Gasteiger partial charge in [0.15, 0.2) is 0 Å². The summed E-state index contributed by atoms with van der Waals surface area (Å²) in [6, 6.07) is 5.43. The van der Waals surface area contributed by atoms with Gasteiger partial charge in [0.1, 0.15) is 10.7 Å². The molecule has 0 aromatic heterocycles. The lowest BCUT2D eigenvalue weighted by Crippen LogP contribution is -2.48. The van der Waals surface area contributed by atoms with Gasteiger partial charge in [-0.15, -0.1) is 0 Å². The molecule has 100 valence electrons. The molecule has 18 heavy (non-hydrogen) atoms. The van der Waals surface area contributed by atoms with Crippen LogP contribution in [0.5, 0.6) is 0 Å². The van der Waals surface area contributed by atoms with Gasteiger partial charge in [-0.3, -0.25) is 0 Å². The summed E-state index contributed by atoms with van der Waals surface area (Å²) in [5.41, 5.74) is 0. The Labute approximate surface area is 106 Å². The van der Waals surface area contributed by atoms with E-state index in [1.165, 1.54) is 22.5 Å². The van der Waals surface area contributed by atoms with Crippen LogP contribution in [0.4, 0.5) is 4.39 Å². The number of halogens is 1. The molecule has 1 fully saturated rings. The van der Waals surface area contributed by atoms with E-state index < -0.39 is 15.8 Å². The maximum Gasteiger partial charge on any atom is 0.246 e. The number of hydrogen-bond donors (Lipinski definition) is 0. The zero-order chi connectivity index (χ0) is 13.3. The van der Waals surface area contributed by atoms with E-state index in [1.54, 1.807) is 13.8 Å². The molecular weight excluding hydrogens is 257 g/mol. The van der Waals surface area contributed by atoms with E-state index in [0.29, 0.717) is 0 Å². The van der Waals surface area contributed by atoms with Gasteiger partial charge < -0.3 is 4.74 Å². The van der Waals surface area contributed by atoms with E-state index in [4.69, 9.17) is 4.74 Å². The van der Waals surface area contributed by atoms with Gasteiger partial charge in [-0.05, 0) is 26.0 Å². The molecule has 1 aliphatic heterocycles. The predicted molar refractivity (Wildman–Crippen MR) is 65.2 cm³/mol. The van der Waals surface area contributed by atoms with E-state index in [-0.39, 0.29) is 30.2 Å². The van der Waals surface area contributed by atoms with Gasteiger partial charge in [0, 0.05) is 13.1 Å². The minimum atomic E-state index is -3.78. The second-order valence-electron chi connectivity index (χ2n) is 4.51. The third-order valence-corrected chi connectivity index (χ3v) is 4.71. The SMILES string of the molecule is C[C@@H]1CN(S(=O)(=O)c2ccccc2F)C[C@@H](C)O1. The van der Waals surface area contributed by atoms with E-state index in [1.807, 2.05) is 0 Å². The average molecular weight is 273 g/mol. The van der Waals surface area contributed by atoms with Gasteiger partial charge in [-0.2, -0.15) is 4.31 Å². The summed E-state index contributed by atoms with van der Waals surface area (Å²) in [6.07, 6.45) is -0.370. The Hall–Kier alpha value is -0.980. The number of benzene rings is 1. The summed E-state index contributed by atoms with van der Waals surface area (Å²) in [5.74, 6) is -0.718. The average Bonchev–Trinajstić information content (AvgIpc) is 2.28. The highest BCUT2D eigenvalue weighted by molar-refractivity contribution is 7.89. The van der Waals surface area contributed by atoms with Crippen molar-refractivity contribution in [3.8, 4) is 0 Å². The van der Waals surface area contributed by atoms with Gasteiger partial charge in [0.05, 0.1) is 12.2 Å². The standard InChI is InChI=1S/C12H16FNO3S/c1-9-7-14(8-10(2)17-9)18(15,16)12-6-4-3-5-11(12)13/h3-6,9-10H,7-8H2,1-2H3/t9-,10-/m1/s1. The lowest BCUT2D eigenvalue weighted by atomic mass is 10.3. The highest BCUT2D eigenvalue weighted by Gasteiger charge is 2.33. The van der Waals surface area contributed by atoms with E-state index in [9.17, 15) is 12.8 Å².